The summed E-state index contributed by atoms with van der Waals surface area (Å²) < 4.78 is 22.3. The minimum atomic E-state index is -0.373. The Morgan fingerprint density at radius 1 is 1.00 bits per heavy atom. The smallest absolute Gasteiger partial charge is 0.236 e. The van der Waals surface area contributed by atoms with Crippen LogP contribution in [0.3, 0.4) is 0 Å². The van der Waals surface area contributed by atoms with Gasteiger partial charge >= 0.3 is 0 Å². The zero-order valence-electron chi connectivity index (χ0n) is 17.2. The molecule has 5 rings (SSSR count). The van der Waals surface area contributed by atoms with Gasteiger partial charge in [0.2, 0.25) is 17.7 Å². The summed E-state index contributed by atoms with van der Waals surface area (Å²) in [4.78, 5) is 23.1. The molecule has 0 N–H and O–H groups in total. The van der Waals surface area contributed by atoms with Crippen LogP contribution in [-0.4, -0.2) is 63.2 Å². The van der Waals surface area contributed by atoms with Crippen molar-refractivity contribution >= 4 is 5.91 Å². The number of nitrogens with zero attached hydrogens (tertiary/aromatic N) is 5. The molecule has 30 heavy (non-hydrogen) atoms. The average molecular weight is 417 g/mol. The Morgan fingerprint density at radius 3 is 2.40 bits per heavy atom. The molecule has 1 spiro atoms. The molecule has 0 aromatic carbocycles. The van der Waals surface area contributed by atoms with Crippen molar-refractivity contribution in [2.24, 2.45) is 0 Å². The number of likely N-dealkylation sites (tertiary alicyclic amines) is 1. The van der Waals surface area contributed by atoms with Crippen LogP contribution in [0, 0.1) is 6.92 Å². The first-order valence-electron chi connectivity index (χ1n) is 10.8. The molecular weight excluding hydrogens is 390 g/mol. The summed E-state index contributed by atoms with van der Waals surface area (Å²) in [7, 11) is 0. The lowest BCUT2D eigenvalue weighted by Crippen LogP contribution is -2.38. The van der Waals surface area contributed by atoms with Crippen LogP contribution in [0.25, 0.3) is 0 Å². The summed E-state index contributed by atoms with van der Waals surface area (Å²) in [5.41, 5.74) is 0. The predicted molar refractivity (Wildman–Crippen MR) is 101 cm³/mol. The molecule has 0 radical (unpaired) electrons. The summed E-state index contributed by atoms with van der Waals surface area (Å²) in [6.07, 6.45) is 5.41. The second-order valence-electron chi connectivity index (χ2n) is 8.44. The predicted octanol–water partition coefficient (Wildman–Crippen LogP) is 2.11. The average Bonchev–Trinajstić information content (AvgIpc) is 3.51. The van der Waals surface area contributed by atoms with E-state index in [0.29, 0.717) is 49.8 Å². The van der Waals surface area contributed by atoms with Gasteiger partial charge in [0.05, 0.1) is 13.2 Å². The Kier molecular flexibility index (Phi) is 5.28. The van der Waals surface area contributed by atoms with E-state index in [1.165, 1.54) is 0 Å². The molecule has 1 aliphatic carbocycles. The van der Waals surface area contributed by atoms with Crippen molar-refractivity contribution in [3.05, 3.63) is 23.4 Å². The fourth-order valence-electron chi connectivity index (χ4n) is 4.71. The third kappa shape index (κ3) is 3.98. The first-order chi connectivity index (χ1) is 14.6. The Hall–Kier alpha value is -2.33. The number of hydrogen-bond donors (Lipinski definition) is 0. The van der Waals surface area contributed by atoms with E-state index in [1.807, 2.05) is 4.90 Å². The van der Waals surface area contributed by atoms with Gasteiger partial charge in [-0.25, -0.2) is 0 Å². The summed E-state index contributed by atoms with van der Waals surface area (Å²) in [6.45, 7) is 4.44. The van der Waals surface area contributed by atoms with Crippen molar-refractivity contribution < 1.29 is 23.3 Å². The van der Waals surface area contributed by atoms with Gasteiger partial charge in [-0.05, 0) is 32.6 Å². The molecule has 2 aromatic heterocycles. The van der Waals surface area contributed by atoms with Gasteiger partial charge in [-0.1, -0.05) is 10.3 Å². The highest BCUT2D eigenvalue weighted by atomic mass is 16.7. The molecule has 162 valence electrons. The number of carbonyl (C=O) groups excluding carboxylic acids is 1. The highest BCUT2D eigenvalue weighted by Crippen LogP contribution is 2.42. The normalized spacial score (nSPS) is 22.8. The molecule has 2 saturated heterocycles. The van der Waals surface area contributed by atoms with Gasteiger partial charge in [0.25, 0.3) is 0 Å². The zero-order valence-corrected chi connectivity index (χ0v) is 17.2. The van der Waals surface area contributed by atoms with Crippen molar-refractivity contribution in [1.29, 1.82) is 0 Å². The van der Waals surface area contributed by atoms with Gasteiger partial charge in [0.1, 0.15) is 6.42 Å². The summed E-state index contributed by atoms with van der Waals surface area (Å²) in [5.74, 6) is 2.52. The Bertz CT molecular complexity index is 872. The molecule has 2 aromatic rings. The minimum Gasteiger partial charge on any atom is -0.348 e. The largest absolute Gasteiger partial charge is 0.348 e. The molecule has 10 heteroatoms. The van der Waals surface area contributed by atoms with E-state index >= 15 is 0 Å². The van der Waals surface area contributed by atoms with Gasteiger partial charge in [-0.3, -0.25) is 4.79 Å². The van der Waals surface area contributed by atoms with E-state index in [2.05, 4.69) is 15.3 Å². The number of ether oxygens (including phenoxy) is 2. The van der Waals surface area contributed by atoms with Crippen LogP contribution in [0.4, 0.5) is 0 Å². The van der Waals surface area contributed by atoms with E-state index in [0.717, 1.165) is 44.3 Å². The molecule has 0 unspecified atom stereocenters. The highest BCUT2D eigenvalue weighted by molar-refractivity contribution is 5.77. The van der Waals surface area contributed by atoms with E-state index < -0.39 is 0 Å². The van der Waals surface area contributed by atoms with Crippen molar-refractivity contribution in [2.45, 2.75) is 69.5 Å². The van der Waals surface area contributed by atoms with Crippen LogP contribution >= 0.6 is 0 Å². The topological polar surface area (TPSA) is 117 Å². The van der Waals surface area contributed by atoms with Crippen LogP contribution in [0.5, 0.6) is 0 Å². The second-order valence-corrected chi connectivity index (χ2v) is 8.44. The molecule has 0 atom stereocenters. The molecular formula is C20H27N5O5. The van der Waals surface area contributed by atoms with Crippen LogP contribution in [0.1, 0.15) is 73.8 Å². The Balaban J connectivity index is 1.13. The number of rotatable bonds is 4. The van der Waals surface area contributed by atoms with Crippen LogP contribution in [0.15, 0.2) is 9.05 Å². The van der Waals surface area contributed by atoms with Crippen molar-refractivity contribution in [2.75, 3.05) is 26.3 Å². The number of hydrogen-bond acceptors (Lipinski definition) is 9. The molecule has 1 amide bonds. The first-order valence-corrected chi connectivity index (χ1v) is 10.8. The number of piperidine rings is 1. The zero-order chi connectivity index (χ0) is 20.6. The maximum atomic E-state index is 12.5. The molecule has 0 bridgehead atoms. The quantitative estimate of drug-likeness (QED) is 0.737. The molecule has 3 aliphatic rings. The van der Waals surface area contributed by atoms with E-state index in [4.69, 9.17) is 23.5 Å². The van der Waals surface area contributed by atoms with Gasteiger partial charge in [0.15, 0.2) is 17.4 Å². The summed E-state index contributed by atoms with van der Waals surface area (Å²) in [6, 6.07) is 0. The lowest BCUT2D eigenvalue weighted by molar-refractivity contribution is -0.179. The van der Waals surface area contributed by atoms with Crippen molar-refractivity contribution in [1.82, 2.24) is 25.2 Å². The molecule has 3 fully saturated rings. The van der Waals surface area contributed by atoms with Crippen LogP contribution in [0.2, 0.25) is 0 Å². The van der Waals surface area contributed by atoms with Gasteiger partial charge in [-0.15, -0.1) is 0 Å². The molecule has 10 nitrogen and oxygen atoms in total. The summed E-state index contributed by atoms with van der Waals surface area (Å²) >= 11 is 0. The minimum absolute atomic E-state index is 0.0100. The third-order valence-corrected chi connectivity index (χ3v) is 6.45. The van der Waals surface area contributed by atoms with E-state index in [9.17, 15) is 4.79 Å². The lowest BCUT2D eigenvalue weighted by atomic mass is 9.84. The monoisotopic (exact) mass is 417 g/mol. The number of aromatic nitrogens is 4. The fourth-order valence-corrected chi connectivity index (χ4v) is 4.71. The molecule has 1 saturated carbocycles. The van der Waals surface area contributed by atoms with Crippen LogP contribution in [-0.2, 0) is 20.7 Å². The second kappa shape index (κ2) is 8.07. The van der Waals surface area contributed by atoms with Gasteiger partial charge < -0.3 is 23.4 Å². The maximum Gasteiger partial charge on any atom is 0.236 e. The molecule has 2 aliphatic heterocycles. The Morgan fingerprint density at radius 2 is 1.73 bits per heavy atom. The fraction of sp³-hybridized carbons (Fsp3) is 0.750. The van der Waals surface area contributed by atoms with E-state index in [1.54, 1.807) is 6.92 Å². The van der Waals surface area contributed by atoms with Crippen molar-refractivity contribution in [3.63, 3.8) is 0 Å². The molecule has 4 heterocycles. The van der Waals surface area contributed by atoms with Gasteiger partial charge in [0, 0.05) is 37.8 Å². The summed E-state index contributed by atoms with van der Waals surface area (Å²) in [5, 5.41) is 8.00. The Labute approximate surface area is 174 Å². The third-order valence-electron chi connectivity index (χ3n) is 6.45. The number of amides is 1. The highest BCUT2D eigenvalue weighted by Gasteiger charge is 2.41. The van der Waals surface area contributed by atoms with Crippen molar-refractivity contribution in [3.8, 4) is 0 Å². The number of carbonyl (C=O) groups is 1. The standard InChI is InChI=1S/C20H27N5O5/c1-13-21-16(29-23-13)12-17(26)25-8-4-15(5-9-25)19-22-18(24-30-19)14-2-6-20(7-3-14)27-10-11-28-20/h14-15H,2-12H2,1H3. The van der Waals surface area contributed by atoms with E-state index in [-0.39, 0.29) is 24.0 Å². The SMILES string of the molecule is Cc1noc(CC(=O)N2CCC(c3nc(C4CCC5(CC4)OCCO5)no3)CC2)n1. The first kappa shape index (κ1) is 19.6. The van der Waals surface area contributed by atoms with Gasteiger partial charge in [-0.2, -0.15) is 9.97 Å². The number of aryl methyl sites for hydroxylation is 1. The maximum absolute atomic E-state index is 12.5. The van der Waals surface area contributed by atoms with Crippen LogP contribution < -0.4 is 0 Å². The lowest BCUT2D eigenvalue weighted by Gasteiger charge is -2.34.